The molecule has 0 aliphatic rings. The number of carbonyl (C=O) groups excluding carboxylic acids is 2. The van der Waals surface area contributed by atoms with E-state index in [0.29, 0.717) is 5.69 Å². The highest BCUT2D eigenvalue weighted by Crippen LogP contribution is 2.18. The Hall–Kier alpha value is -2.82. The van der Waals surface area contributed by atoms with E-state index in [1.165, 1.54) is 0 Å². The average molecular weight is 340 g/mol. The SMILES string of the molecule is Cc1cccc(NC(=O)C(=O)NCc2ccc(OC(C)C)cc2)c1C. The van der Waals surface area contributed by atoms with Gasteiger partial charge < -0.3 is 15.4 Å². The van der Waals surface area contributed by atoms with E-state index in [-0.39, 0.29) is 12.6 Å². The van der Waals surface area contributed by atoms with Crippen molar-refractivity contribution >= 4 is 17.5 Å². The van der Waals surface area contributed by atoms with Crippen LogP contribution in [0, 0.1) is 13.8 Å². The van der Waals surface area contributed by atoms with Gasteiger partial charge in [-0.2, -0.15) is 0 Å². The van der Waals surface area contributed by atoms with E-state index >= 15 is 0 Å². The summed E-state index contributed by atoms with van der Waals surface area (Å²) in [6.45, 7) is 8.06. The van der Waals surface area contributed by atoms with Crippen LogP contribution >= 0.6 is 0 Å². The van der Waals surface area contributed by atoms with E-state index < -0.39 is 11.8 Å². The topological polar surface area (TPSA) is 67.4 Å². The van der Waals surface area contributed by atoms with E-state index in [0.717, 1.165) is 22.4 Å². The highest BCUT2D eigenvalue weighted by Gasteiger charge is 2.14. The van der Waals surface area contributed by atoms with Gasteiger partial charge in [0.15, 0.2) is 0 Å². The molecule has 132 valence electrons. The third kappa shape index (κ3) is 5.35. The van der Waals surface area contributed by atoms with Crippen LogP contribution in [0.5, 0.6) is 5.75 Å². The molecule has 0 saturated heterocycles. The molecule has 2 N–H and O–H groups in total. The lowest BCUT2D eigenvalue weighted by Crippen LogP contribution is -2.35. The molecule has 5 nitrogen and oxygen atoms in total. The van der Waals surface area contributed by atoms with Gasteiger partial charge in [0.2, 0.25) is 0 Å². The van der Waals surface area contributed by atoms with Crippen LogP contribution in [0.1, 0.15) is 30.5 Å². The molecule has 0 heterocycles. The largest absolute Gasteiger partial charge is 0.491 e. The molecule has 5 heteroatoms. The van der Waals surface area contributed by atoms with Crippen LogP contribution < -0.4 is 15.4 Å². The van der Waals surface area contributed by atoms with Gasteiger partial charge in [-0.25, -0.2) is 0 Å². The van der Waals surface area contributed by atoms with E-state index in [2.05, 4.69) is 10.6 Å². The normalized spacial score (nSPS) is 10.4. The number of nitrogens with one attached hydrogen (secondary N) is 2. The number of hydrogen-bond donors (Lipinski definition) is 2. The first-order valence-electron chi connectivity index (χ1n) is 8.28. The van der Waals surface area contributed by atoms with Crippen molar-refractivity contribution in [2.45, 2.75) is 40.3 Å². The summed E-state index contributed by atoms with van der Waals surface area (Å²) in [6.07, 6.45) is 0.110. The summed E-state index contributed by atoms with van der Waals surface area (Å²) < 4.78 is 5.57. The van der Waals surface area contributed by atoms with Crippen molar-refractivity contribution in [3.05, 3.63) is 59.2 Å². The lowest BCUT2D eigenvalue weighted by atomic mass is 10.1. The van der Waals surface area contributed by atoms with Gasteiger partial charge in [0.25, 0.3) is 0 Å². The number of rotatable bonds is 5. The van der Waals surface area contributed by atoms with Gasteiger partial charge in [-0.15, -0.1) is 0 Å². The van der Waals surface area contributed by atoms with Crippen molar-refractivity contribution in [2.24, 2.45) is 0 Å². The molecular formula is C20H24N2O3. The third-order valence-corrected chi connectivity index (χ3v) is 3.81. The van der Waals surface area contributed by atoms with Gasteiger partial charge in [-0.3, -0.25) is 9.59 Å². The second-order valence-corrected chi connectivity index (χ2v) is 6.19. The first-order valence-corrected chi connectivity index (χ1v) is 8.28. The highest BCUT2D eigenvalue weighted by atomic mass is 16.5. The lowest BCUT2D eigenvalue weighted by molar-refractivity contribution is -0.136. The summed E-state index contributed by atoms with van der Waals surface area (Å²) in [5, 5.41) is 5.27. The maximum absolute atomic E-state index is 12.0. The first kappa shape index (κ1) is 18.5. The van der Waals surface area contributed by atoms with Crippen molar-refractivity contribution in [1.82, 2.24) is 5.32 Å². The molecule has 2 aromatic carbocycles. The van der Waals surface area contributed by atoms with Crippen molar-refractivity contribution in [3.63, 3.8) is 0 Å². The van der Waals surface area contributed by atoms with Gasteiger partial charge in [0.05, 0.1) is 6.10 Å². The minimum atomic E-state index is -0.673. The Kier molecular flexibility index (Phi) is 6.17. The number of carbonyl (C=O) groups is 2. The van der Waals surface area contributed by atoms with E-state index in [9.17, 15) is 9.59 Å². The van der Waals surface area contributed by atoms with Gasteiger partial charge >= 0.3 is 11.8 Å². The molecule has 0 bridgehead atoms. The second kappa shape index (κ2) is 8.33. The zero-order chi connectivity index (χ0) is 18.4. The van der Waals surface area contributed by atoms with Crippen LogP contribution in [0.3, 0.4) is 0 Å². The number of benzene rings is 2. The van der Waals surface area contributed by atoms with Crippen LogP contribution in [0.15, 0.2) is 42.5 Å². The molecule has 0 spiro atoms. The number of hydrogen-bond acceptors (Lipinski definition) is 3. The van der Waals surface area contributed by atoms with Crippen LogP contribution in [0.2, 0.25) is 0 Å². The fourth-order valence-corrected chi connectivity index (χ4v) is 2.29. The van der Waals surface area contributed by atoms with Crippen molar-refractivity contribution < 1.29 is 14.3 Å². The summed E-state index contributed by atoms with van der Waals surface area (Å²) in [6, 6.07) is 13.0. The molecule has 25 heavy (non-hydrogen) atoms. The average Bonchev–Trinajstić information content (AvgIpc) is 2.57. The summed E-state index contributed by atoms with van der Waals surface area (Å²) in [5.41, 5.74) is 3.55. The maximum Gasteiger partial charge on any atom is 0.313 e. The quantitative estimate of drug-likeness (QED) is 0.820. The molecular weight excluding hydrogens is 316 g/mol. The number of aryl methyl sites for hydroxylation is 1. The number of ether oxygens (including phenoxy) is 1. The summed E-state index contributed by atoms with van der Waals surface area (Å²) in [7, 11) is 0. The van der Waals surface area contributed by atoms with Gasteiger partial charge in [0, 0.05) is 12.2 Å². The molecule has 0 unspecified atom stereocenters. The standard InChI is InChI=1S/C20H24N2O3/c1-13(2)25-17-10-8-16(9-11-17)12-21-19(23)20(24)22-18-7-5-6-14(3)15(18)4/h5-11,13H,12H2,1-4H3,(H,21,23)(H,22,24). The minimum absolute atomic E-state index is 0.110. The van der Waals surface area contributed by atoms with Crippen molar-refractivity contribution in [2.75, 3.05) is 5.32 Å². The minimum Gasteiger partial charge on any atom is -0.491 e. The van der Waals surface area contributed by atoms with Gasteiger partial charge in [0.1, 0.15) is 5.75 Å². The van der Waals surface area contributed by atoms with Crippen LogP contribution in [0.25, 0.3) is 0 Å². The molecule has 0 radical (unpaired) electrons. The molecule has 2 aromatic rings. The van der Waals surface area contributed by atoms with Crippen LogP contribution in [0.4, 0.5) is 5.69 Å². The summed E-state index contributed by atoms with van der Waals surface area (Å²) >= 11 is 0. The fraction of sp³-hybridized carbons (Fsp3) is 0.300. The van der Waals surface area contributed by atoms with Crippen molar-refractivity contribution in [3.8, 4) is 5.75 Å². The molecule has 2 amide bonds. The third-order valence-electron chi connectivity index (χ3n) is 3.81. The monoisotopic (exact) mass is 340 g/mol. The molecule has 0 fully saturated rings. The maximum atomic E-state index is 12.0. The molecule has 0 aromatic heterocycles. The first-order chi connectivity index (χ1) is 11.9. The fourth-order valence-electron chi connectivity index (χ4n) is 2.29. The summed E-state index contributed by atoms with van der Waals surface area (Å²) in [4.78, 5) is 24.0. The van der Waals surface area contributed by atoms with Gasteiger partial charge in [-0.1, -0.05) is 24.3 Å². The molecule has 0 aliphatic heterocycles. The lowest BCUT2D eigenvalue weighted by Gasteiger charge is -2.11. The van der Waals surface area contributed by atoms with Crippen LogP contribution in [-0.2, 0) is 16.1 Å². The second-order valence-electron chi connectivity index (χ2n) is 6.19. The number of amides is 2. The van der Waals surface area contributed by atoms with E-state index in [4.69, 9.17) is 4.74 Å². The molecule has 2 rings (SSSR count). The Bertz CT molecular complexity index is 752. The zero-order valence-corrected chi connectivity index (χ0v) is 15.1. The highest BCUT2D eigenvalue weighted by molar-refractivity contribution is 6.39. The Morgan fingerprint density at radius 1 is 1.00 bits per heavy atom. The summed E-state index contributed by atoms with van der Waals surface area (Å²) in [5.74, 6) is -0.561. The Morgan fingerprint density at radius 3 is 2.32 bits per heavy atom. The van der Waals surface area contributed by atoms with E-state index in [1.807, 2.05) is 64.1 Å². The van der Waals surface area contributed by atoms with Crippen molar-refractivity contribution in [1.29, 1.82) is 0 Å². The Balaban J connectivity index is 1.89. The number of anilines is 1. The predicted octanol–water partition coefficient (Wildman–Crippen LogP) is 3.35. The van der Waals surface area contributed by atoms with E-state index in [1.54, 1.807) is 6.07 Å². The molecule has 0 aliphatic carbocycles. The Morgan fingerprint density at radius 2 is 1.68 bits per heavy atom. The van der Waals surface area contributed by atoms with Gasteiger partial charge in [-0.05, 0) is 62.6 Å². The predicted molar refractivity (Wildman–Crippen MR) is 98.6 cm³/mol. The molecule has 0 atom stereocenters. The Labute approximate surface area is 148 Å². The zero-order valence-electron chi connectivity index (χ0n) is 15.1. The van der Waals surface area contributed by atoms with Crippen LogP contribution in [-0.4, -0.2) is 17.9 Å². The smallest absolute Gasteiger partial charge is 0.313 e. The molecule has 0 saturated carbocycles.